The van der Waals surface area contributed by atoms with E-state index in [4.69, 9.17) is 9.73 Å². The normalized spacial score (nSPS) is 17.3. The number of benzene rings is 2. The number of para-hydroxylation sites is 1. The number of ether oxygens (including phenoxy) is 1. The van der Waals surface area contributed by atoms with Crippen LogP contribution in [-0.4, -0.2) is 29.6 Å². The van der Waals surface area contributed by atoms with Gasteiger partial charge in [-0.2, -0.15) is 0 Å². The zero-order valence-corrected chi connectivity index (χ0v) is 16.0. The Morgan fingerprint density at radius 3 is 2.73 bits per heavy atom. The lowest BCUT2D eigenvalue weighted by Crippen LogP contribution is -2.23. The fourth-order valence-electron chi connectivity index (χ4n) is 2.69. The standard InChI is InChI=1S/C21H22N2O2S/c1-4-16-10-6-7-12-18(16)22-21-23(3)20(24)19(26-21)14-15-9-8-11-17(13-15)25-5-2/h6-14H,4-5H2,1-3H3/b19-14+,22-21?. The molecular weight excluding hydrogens is 344 g/mol. The predicted molar refractivity (Wildman–Crippen MR) is 109 cm³/mol. The molecule has 0 saturated carbocycles. The summed E-state index contributed by atoms with van der Waals surface area (Å²) in [5.41, 5.74) is 3.02. The van der Waals surface area contributed by atoms with Crippen molar-refractivity contribution in [1.29, 1.82) is 0 Å². The summed E-state index contributed by atoms with van der Waals surface area (Å²) < 4.78 is 5.53. The molecule has 4 nitrogen and oxygen atoms in total. The molecule has 3 rings (SSSR count). The summed E-state index contributed by atoms with van der Waals surface area (Å²) in [5, 5.41) is 0.697. The highest BCUT2D eigenvalue weighted by Crippen LogP contribution is 2.34. The van der Waals surface area contributed by atoms with E-state index in [-0.39, 0.29) is 5.91 Å². The number of aliphatic imine (C=N–C) groups is 1. The van der Waals surface area contributed by atoms with Crippen LogP contribution in [-0.2, 0) is 11.2 Å². The fourth-order valence-corrected chi connectivity index (χ4v) is 3.67. The van der Waals surface area contributed by atoms with Crippen LogP contribution in [0.2, 0.25) is 0 Å². The van der Waals surface area contributed by atoms with Gasteiger partial charge in [0.1, 0.15) is 5.75 Å². The van der Waals surface area contributed by atoms with E-state index in [1.807, 2.05) is 55.5 Å². The van der Waals surface area contributed by atoms with E-state index >= 15 is 0 Å². The minimum absolute atomic E-state index is 0.0375. The van der Waals surface area contributed by atoms with E-state index in [9.17, 15) is 4.79 Å². The van der Waals surface area contributed by atoms with E-state index in [1.54, 1.807) is 11.9 Å². The van der Waals surface area contributed by atoms with Gasteiger partial charge in [-0.25, -0.2) is 4.99 Å². The molecule has 1 aliphatic heterocycles. The molecule has 2 aromatic rings. The van der Waals surface area contributed by atoms with Crippen molar-refractivity contribution in [1.82, 2.24) is 4.90 Å². The molecule has 26 heavy (non-hydrogen) atoms. The van der Waals surface area contributed by atoms with E-state index in [2.05, 4.69) is 13.0 Å². The van der Waals surface area contributed by atoms with E-state index in [0.717, 1.165) is 23.4 Å². The van der Waals surface area contributed by atoms with E-state index in [0.29, 0.717) is 16.7 Å². The van der Waals surface area contributed by atoms with Gasteiger partial charge < -0.3 is 4.74 Å². The van der Waals surface area contributed by atoms with Crippen LogP contribution in [0.4, 0.5) is 5.69 Å². The van der Waals surface area contributed by atoms with Crippen molar-refractivity contribution >= 4 is 34.6 Å². The first-order chi connectivity index (χ1) is 12.6. The highest BCUT2D eigenvalue weighted by molar-refractivity contribution is 8.18. The Hall–Kier alpha value is -2.53. The molecule has 0 atom stereocenters. The lowest BCUT2D eigenvalue weighted by atomic mass is 10.1. The molecule has 2 aromatic carbocycles. The van der Waals surface area contributed by atoms with Crippen molar-refractivity contribution in [2.75, 3.05) is 13.7 Å². The molecule has 1 aliphatic rings. The summed E-state index contributed by atoms with van der Waals surface area (Å²) in [5.74, 6) is 0.765. The largest absolute Gasteiger partial charge is 0.494 e. The van der Waals surface area contributed by atoms with Crippen molar-refractivity contribution in [2.24, 2.45) is 4.99 Å². The second-order valence-corrected chi connectivity index (χ2v) is 6.87. The maximum absolute atomic E-state index is 12.6. The predicted octanol–water partition coefficient (Wildman–Crippen LogP) is 4.88. The third-order valence-electron chi connectivity index (χ3n) is 4.06. The van der Waals surface area contributed by atoms with Crippen molar-refractivity contribution in [3.05, 3.63) is 64.6 Å². The van der Waals surface area contributed by atoms with Crippen LogP contribution in [0.5, 0.6) is 5.75 Å². The van der Waals surface area contributed by atoms with Gasteiger partial charge in [-0.1, -0.05) is 37.3 Å². The fraction of sp³-hybridized carbons (Fsp3) is 0.238. The molecule has 1 saturated heterocycles. The Morgan fingerprint density at radius 2 is 1.96 bits per heavy atom. The second-order valence-electron chi connectivity index (χ2n) is 5.86. The Bertz CT molecular complexity index is 874. The van der Waals surface area contributed by atoms with Gasteiger partial charge in [0.15, 0.2) is 5.17 Å². The van der Waals surface area contributed by atoms with Gasteiger partial charge in [0.2, 0.25) is 0 Å². The topological polar surface area (TPSA) is 41.9 Å². The Kier molecular flexibility index (Phi) is 5.78. The highest BCUT2D eigenvalue weighted by atomic mass is 32.2. The number of amides is 1. The molecule has 1 amide bonds. The van der Waals surface area contributed by atoms with Crippen LogP contribution < -0.4 is 4.74 Å². The molecule has 0 radical (unpaired) electrons. The van der Waals surface area contributed by atoms with Gasteiger partial charge in [0, 0.05) is 7.05 Å². The van der Waals surface area contributed by atoms with Crippen LogP contribution in [0.3, 0.4) is 0 Å². The minimum atomic E-state index is -0.0375. The Balaban J connectivity index is 1.89. The van der Waals surface area contributed by atoms with Gasteiger partial charge in [-0.05, 0) is 60.5 Å². The number of amidine groups is 1. The average molecular weight is 366 g/mol. The van der Waals surface area contributed by atoms with Gasteiger partial charge >= 0.3 is 0 Å². The van der Waals surface area contributed by atoms with Gasteiger partial charge in [-0.15, -0.1) is 0 Å². The molecule has 0 aliphatic carbocycles. The third-order valence-corrected chi connectivity index (χ3v) is 5.12. The number of carbonyl (C=O) groups excluding carboxylic acids is 1. The summed E-state index contributed by atoms with van der Waals surface area (Å²) in [6.07, 6.45) is 2.79. The Labute approximate surface area is 158 Å². The SMILES string of the molecule is CCOc1cccc(/C=C2/SC(=Nc3ccccc3CC)N(C)C2=O)c1. The van der Waals surface area contributed by atoms with Crippen LogP contribution in [0.15, 0.2) is 58.4 Å². The maximum atomic E-state index is 12.6. The van der Waals surface area contributed by atoms with Crippen LogP contribution in [0.25, 0.3) is 6.08 Å². The van der Waals surface area contributed by atoms with Crippen molar-refractivity contribution < 1.29 is 9.53 Å². The van der Waals surface area contributed by atoms with E-state index < -0.39 is 0 Å². The number of likely N-dealkylation sites (N-methyl/N-ethyl adjacent to an activating group) is 1. The highest BCUT2D eigenvalue weighted by Gasteiger charge is 2.30. The van der Waals surface area contributed by atoms with Crippen molar-refractivity contribution in [2.45, 2.75) is 20.3 Å². The molecule has 5 heteroatoms. The monoisotopic (exact) mass is 366 g/mol. The van der Waals surface area contributed by atoms with Gasteiger partial charge in [-0.3, -0.25) is 9.69 Å². The molecule has 0 aromatic heterocycles. The average Bonchev–Trinajstić information content (AvgIpc) is 2.91. The van der Waals surface area contributed by atoms with Crippen molar-refractivity contribution in [3.63, 3.8) is 0 Å². The lowest BCUT2D eigenvalue weighted by Gasteiger charge is -2.08. The number of aryl methyl sites for hydroxylation is 1. The number of hydrogen-bond donors (Lipinski definition) is 0. The number of hydrogen-bond acceptors (Lipinski definition) is 4. The zero-order chi connectivity index (χ0) is 18.5. The first-order valence-corrected chi connectivity index (χ1v) is 9.51. The smallest absolute Gasteiger partial charge is 0.266 e. The number of rotatable bonds is 5. The summed E-state index contributed by atoms with van der Waals surface area (Å²) in [7, 11) is 1.76. The first kappa shape index (κ1) is 18.3. The summed E-state index contributed by atoms with van der Waals surface area (Å²) in [6, 6.07) is 15.8. The molecular formula is C21H22N2O2S. The van der Waals surface area contributed by atoms with Gasteiger partial charge in [0.05, 0.1) is 17.2 Å². The third kappa shape index (κ3) is 3.99. The number of carbonyl (C=O) groups is 1. The minimum Gasteiger partial charge on any atom is -0.494 e. The zero-order valence-electron chi connectivity index (χ0n) is 15.2. The summed E-state index contributed by atoms with van der Waals surface area (Å²) >= 11 is 1.40. The quantitative estimate of drug-likeness (QED) is 0.708. The number of thioether (sulfide) groups is 1. The molecule has 134 valence electrons. The van der Waals surface area contributed by atoms with Crippen molar-refractivity contribution in [3.8, 4) is 5.75 Å². The summed E-state index contributed by atoms with van der Waals surface area (Å²) in [6.45, 7) is 4.67. The summed E-state index contributed by atoms with van der Waals surface area (Å²) in [4.78, 5) is 19.6. The molecule has 0 N–H and O–H groups in total. The second kappa shape index (κ2) is 8.23. The van der Waals surface area contributed by atoms with Crippen LogP contribution in [0, 0.1) is 0 Å². The molecule has 1 fully saturated rings. The van der Waals surface area contributed by atoms with Crippen LogP contribution in [0.1, 0.15) is 25.0 Å². The Morgan fingerprint density at radius 1 is 1.15 bits per heavy atom. The first-order valence-electron chi connectivity index (χ1n) is 8.69. The van der Waals surface area contributed by atoms with Gasteiger partial charge in [0.25, 0.3) is 5.91 Å². The molecule has 1 heterocycles. The van der Waals surface area contributed by atoms with E-state index in [1.165, 1.54) is 17.3 Å². The molecule has 0 spiro atoms. The lowest BCUT2D eigenvalue weighted by molar-refractivity contribution is -0.121. The van der Waals surface area contributed by atoms with Crippen LogP contribution >= 0.6 is 11.8 Å². The molecule has 0 bridgehead atoms. The maximum Gasteiger partial charge on any atom is 0.266 e. The molecule has 0 unspecified atom stereocenters. The number of nitrogens with zero attached hydrogens (tertiary/aromatic N) is 2.